The van der Waals surface area contributed by atoms with Crippen LogP contribution in [0.25, 0.3) is 22.2 Å². The van der Waals surface area contributed by atoms with Crippen molar-refractivity contribution in [2.45, 2.75) is 6.92 Å². The lowest BCUT2D eigenvalue weighted by molar-refractivity contribution is 0.0652. The largest absolute Gasteiger partial charge is 0.475 e. The molecule has 18 heavy (non-hydrogen) atoms. The van der Waals surface area contributed by atoms with E-state index in [4.69, 9.17) is 14.0 Å². The molecule has 90 valence electrons. The van der Waals surface area contributed by atoms with E-state index in [0.717, 1.165) is 22.3 Å². The minimum atomic E-state index is -1.14. The molecular formula is C13H9NO4. The van der Waals surface area contributed by atoms with E-state index in [-0.39, 0.29) is 5.76 Å². The van der Waals surface area contributed by atoms with E-state index in [1.165, 1.54) is 6.07 Å². The number of carboxylic acid groups (broad SMARTS) is 1. The normalized spacial score (nSPS) is 10.9. The topological polar surface area (TPSA) is 76.5 Å². The number of carbonyl (C=O) groups is 1. The van der Waals surface area contributed by atoms with Gasteiger partial charge >= 0.3 is 5.97 Å². The smallest absolute Gasteiger partial charge is 0.374 e. The number of benzene rings is 1. The van der Waals surface area contributed by atoms with Crippen LogP contribution in [0.3, 0.4) is 0 Å². The Hall–Kier alpha value is -2.56. The maximum absolute atomic E-state index is 10.7. The Bertz CT molecular complexity index is 738. The van der Waals surface area contributed by atoms with Crippen molar-refractivity contribution in [2.24, 2.45) is 0 Å². The van der Waals surface area contributed by atoms with Crippen molar-refractivity contribution in [3.05, 3.63) is 41.9 Å². The molecule has 2 heterocycles. The fourth-order valence-corrected chi connectivity index (χ4v) is 1.84. The lowest BCUT2D eigenvalue weighted by atomic mass is 10.1. The molecule has 0 fully saturated rings. The van der Waals surface area contributed by atoms with Crippen molar-refractivity contribution in [1.82, 2.24) is 5.16 Å². The number of aryl methyl sites for hydroxylation is 1. The lowest BCUT2D eigenvalue weighted by Gasteiger charge is -1.94. The first-order chi connectivity index (χ1) is 8.63. The Labute approximate surface area is 102 Å². The lowest BCUT2D eigenvalue weighted by Crippen LogP contribution is -1.91. The summed E-state index contributed by atoms with van der Waals surface area (Å²) in [5.41, 5.74) is 1.97. The number of nitrogens with zero attached hydrogens (tertiary/aromatic N) is 1. The van der Waals surface area contributed by atoms with Crippen LogP contribution in [0.1, 0.15) is 16.3 Å². The van der Waals surface area contributed by atoms with Gasteiger partial charge in [0.05, 0.1) is 0 Å². The van der Waals surface area contributed by atoms with Gasteiger partial charge in [0.15, 0.2) is 0 Å². The zero-order valence-electron chi connectivity index (χ0n) is 9.51. The zero-order chi connectivity index (χ0) is 12.7. The van der Waals surface area contributed by atoms with Gasteiger partial charge in [-0.15, -0.1) is 0 Å². The predicted molar refractivity (Wildman–Crippen MR) is 63.4 cm³/mol. The van der Waals surface area contributed by atoms with Gasteiger partial charge < -0.3 is 14.0 Å². The van der Waals surface area contributed by atoms with E-state index >= 15 is 0 Å². The van der Waals surface area contributed by atoms with E-state index < -0.39 is 5.97 Å². The van der Waals surface area contributed by atoms with Crippen LogP contribution >= 0.6 is 0 Å². The molecule has 0 radical (unpaired) electrons. The monoisotopic (exact) mass is 243 g/mol. The van der Waals surface area contributed by atoms with E-state index in [1.54, 1.807) is 0 Å². The van der Waals surface area contributed by atoms with Crippen molar-refractivity contribution in [3.8, 4) is 11.3 Å². The first-order valence-electron chi connectivity index (χ1n) is 5.34. The summed E-state index contributed by atoms with van der Waals surface area (Å²) >= 11 is 0. The Morgan fingerprint density at radius 2 is 2.11 bits per heavy atom. The van der Waals surface area contributed by atoms with Crippen LogP contribution in [0.5, 0.6) is 0 Å². The Morgan fingerprint density at radius 3 is 2.83 bits per heavy atom. The highest BCUT2D eigenvalue weighted by Crippen LogP contribution is 2.26. The molecule has 0 saturated carbocycles. The molecule has 0 saturated heterocycles. The van der Waals surface area contributed by atoms with Crippen LogP contribution < -0.4 is 0 Å². The van der Waals surface area contributed by atoms with Crippen LogP contribution in [0.4, 0.5) is 0 Å². The highest BCUT2D eigenvalue weighted by molar-refractivity contribution is 5.87. The van der Waals surface area contributed by atoms with Crippen LogP contribution in [0, 0.1) is 6.92 Å². The molecule has 0 unspecified atom stereocenters. The summed E-state index contributed by atoms with van der Waals surface area (Å²) in [6.45, 7) is 1.87. The summed E-state index contributed by atoms with van der Waals surface area (Å²) in [5.74, 6) is -0.488. The van der Waals surface area contributed by atoms with Crippen LogP contribution in [0.15, 0.2) is 39.3 Å². The molecule has 0 atom stereocenters. The minimum absolute atomic E-state index is 0.180. The molecule has 0 amide bonds. The summed E-state index contributed by atoms with van der Waals surface area (Å²) < 4.78 is 10.2. The Kier molecular flexibility index (Phi) is 2.19. The van der Waals surface area contributed by atoms with Crippen molar-refractivity contribution < 1.29 is 18.8 Å². The third-order valence-electron chi connectivity index (χ3n) is 2.66. The van der Waals surface area contributed by atoms with E-state index in [0.29, 0.717) is 5.69 Å². The second kappa shape index (κ2) is 3.73. The number of hydrogen-bond acceptors (Lipinski definition) is 4. The van der Waals surface area contributed by atoms with Gasteiger partial charge in [0.2, 0.25) is 5.76 Å². The van der Waals surface area contributed by atoms with Gasteiger partial charge in [0.25, 0.3) is 0 Å². The number of carboxylic acids is 1. The first kappa shape index (κ1) is 10.6. The summed E-state index contributed by atoms with van der Waals surface area (Å²) in [5, 5.41) is 13.5. The van der Waals surface area contributed by atoms with Gasteiger partial charge in [-0.1, -0.05) is 17.3 Å². The summed E-state index contributed by atoms with van der Waals surface area (Å²) in [6.07, 6.45) is 0. The number of hydrogen-bond donors (Lipinski definition) is 1. The standard InChI is InChI=1S/C13H9NO4/c1-7-4-9-3-2-8(5-11(9)17-7)10-6-12(13(15)16)18-14-10/h2-6H,1H3,(H,15,16). The number of furan rings is 1. The summed E-state index contributed by atoms with van der Waals surface area (Å²) in [4.78, 5) is 10.7. The number of rotatable bonds is 2. The van der Waals surface area contributed by atoms with Crippen LogP contribution in [-0.2, 0) is 0 Å². The molecule has 0 spiro atoms. The molecular weight excluding hydrogens is 234 g/mol. The number of aromatic nitrogens is 1. The molecule has 3 rings (SSSR count). The van der Waals surface area contributed by atoms with Crippen molar-refractivity contribution in [1.29, 1.82) is 0 Å². The third kappa shape index (κ3) is 1.66. The Morgan fingerprint density at radius 1 is 1.28 bits per heavy atom. The SMILES string of the molecule is Cc1cc2ccc(-c3cc(C(=O)O)on3)cc2o1. The molecule has 0 aliphatic rings. The Balaban J connectivity index is 2.09. The van der Waals surface area contributed by atoms with Gasteiger partial charge in [-0.25, -0.2) is 4.79 Å². The van der Waals surface area contributed by atoms with Crippen molar-refractivity contribution in [3.63, 3.8) is 0 Å². The molecule has 0 aliphatic heterocycles. The molecule has 2 aromatic heterocycles. The first-order valence-corrected chi connectivity index (χ1v) is 5.34. The number of fused-ring (bicyclic) bond motifs is 1. The van der Waals surface area contributed by atoms with Gasteiger partial charge in [-0.3, -0.25) is 0 Å². The van der Waals surface area contributed by atoms with Crippen LogP contribution in [0.2, 0.25) is 0 Å². The third-order valence-corrected chi connectivity index (χ3v) is 2.66. The average molecular weight is 243 g/mol. The maximum atomic E-state index is 10.7. The van der Waals surface area contributed by atoms with E-state index in [2.05, 4.69) is 5.16 Å². The molecule has 0 bridgehead atoms. The zero-order valence-corrected chi connectivity index (χ0v) is 9.51. The van der Waals surface area contributed by atoms with Gasteiger partial charge in [0, 0.05) is 17.0 Å². The highest BCUT2D eigenvalue weighted by atomic mass is 16.5. The highest BCUT2D eigenvalue weighted by Gasteiger charge is 2.13. The maximum Gasteiger partial charge on any atom is 0.374 e. The molecule has 3 aromatic rings. The summed E-state index contributed by atoms with van der Waals surface area (Å²) in [7, 11) is 0. The average Bonchev–Trinajstić information content (AvgIpc) is 2.91. The fraction of sp³-hybridized carbons (Fsp3) is 0.0769. The predicted octanol–water partition coefficient (Wildman–Crippen LogP) is 3.09. The molecule has 1 N–H and O–H groups in total. The second-order valence-electron chi connectivity index (χ2n) is 3.99. The second-order valence-corrected chi connectivity index (χ2v) is 3.99. The van der Waals surface area contributed by atoms with Crippen molar-refractivity contribution in [2.75, 3.05) is 0 Å². The van der Waals surface area contributed by atoms with Crippen molar-refractivity contribution >= 4 is 16.9 Å². The van der Waals surface area contributed by atoms with Gasteiger partial charge in [-0.2, -0.15) is 0 Å². The molecule has 1 aromatic carbocycles. The van der Waals surface area contributed by atoms with Crippen LogP contribution in [-0.4, -0.2) is 16.2 Å². The van der Waals surface area contributed by atoms with E-state index in [9.17, 15) is 4.79 Å². The quantitative estimate of drug-likeness (QED) is 0.748. The molecule has 5 nitrogen and oxygen atoms in total. The minimum Gasteiger partial charge on any atom is -0.475 e. The van der Waals surface area contributed by atoms with Gasteiger partial charge in [-0.05, 0) is 19.1 Å². The van der Waals surface area contributed by atoms with E-state index in [1.807, 2.05) is 31.2 Å². The summed E-state index contributed by atoms with van der Waals surface area (Å²) in [6, 6.07) is 8.88. The number of aromatic carboxylic acids is 1. The fourth-order valence-electron chi connectivity index (χ4n) is 1.84. The molecule has 5 heteroatoms. The molecule has 0 aliphatic carbocycles. The van der Waals surface area contributed by atoms with Gasteiger partial charge in [0.1, 0.15) is 17.0 Å².